The highest BCUT2D eigenvalue weighted by atomic mass is 16.7. The molecule has 1 aliphatic rings. The molecule has 1 saturated heterocycles. The zero-order chi connectivity index (χ0) is 13.1. The smallest absolute Gasteiger partial charge is 0.162 e. The van der Waals surface area contributed by atoms with Gasteiger partial charge in [-0.3, -0.25) is 0 Å². The molecule has 1 heterocycles. The van der Waals surface area contributed by atoms with Gasteiger partial charge in [0.1, 0.15) is 0 Å². The maximum atomic E-state index is 9.11. The van der Waals surface area contributed by atoms with Gasteiger partial charge >= 0.3 is 0 Å². The maximum absolute atomic E-state index is 9.11. The topological polar surface area (TPSA) is 50.7 Å². The summed E-state index contributed by atoms with van der Waals surface area (Å²) in [5, 5.41) is 12.6. The van der Waals surface area contributed by atoms with E-state index in [1.807, 2.05) is 13.8 Å². The summed E-state index contributed by atoms with van der Waals surface area (Å²) in [7, 11) is 0. The molecule has 0 spiro atoms. The van der Waals surface area contributed by atoms with Gasteiger partial charge in [-0.15, -0.1) is 0 Å². The van der Waals surface area contributed by atoms with Crippen LogP contribution in [0.25, 0.3) is 0 Å². The first kappa shape index (κ1) is 14.9. The molecule has 102 valence electrons. The first-order valence-corrected chi connectivity index (χ1v) is 6.39. The predicted molar refractivity (Wildman–Crippen MR) is 67.9 cm³/mol. The lowest BCUT2D eigenvalue weighted by molar-refractivity contribution is -0.254. The van der Waals surface area contributed by atoms with Crippen molar-refractivity contribution in [1.82, 2.24) is 5.32 Å². The lowest BCUT2D eigenvalue weighted by atomic mass is 9.84. The van der Waals surface area contributed by atoms with E-state index in [9.17, 15) is 0 Å². The molecular weight excluding hydrogens is 218 g/mol. The van der Waals surface area contributed by atoms with Crippen LogP contribution in [0.4, 0.5) is 0 Å². The van der Waals surface area contributed by atoms with Crippen LogP contribution in [0.5, 0.6) is 0 Å². The third-order valence-corrected chi connectivity index (χ3v) is 3.16. The number of hydrogen-bond acceptors (Lipinski definition) is 4. The van der Waals surface area contributed by atoms with E-state index in [2.05, 4.69) is 26.1 Å². The van der Waals surface area contributed by atoms with Crippen LogP contribution in [0, 0.1) is 5.41 Å². The Bertz CT molecular complexity index is 225. The van der Waals surface area contributed by atoms with Crippen molar-refractivity contribution in [3.8, 4) is 0 Å². The van der Waals surface area contributed by atoms with Crippen LogP contribution in [0.15, 0.2) is 0 Å². The Morgan fingerprint density at radius 3 is 2.24 bits per heavy atom. The summed E-state index contributed by atoms with van der Waals surface area (Å²) in [5.41, 5.74) is 0.121. The molecule has 1 aliphatic heterocycles. The summed E-state index contributed by atoms with van der Waals surface area (Å²) in [4.78, 5) is 0. The predicted octanol–water partition coefficient (Wildman–Crippen LogP) is 1.52. The van der Waals surface area contributed by atoms with Crippen molar-refractivity contribution in [2.45, 2.75) is 58.9 Å². The summed E-state index contributed by atoms with van der Waals surface area (Å²) < 4.78 is 11.2. The van der Waals surface area contributed by atoms with Gasteiger partial charge in [0.15, 0.2) is 5.79 Å². The van der Waals surface area contributed by atoms with Crippen LogP contribution < -0.4 is 5.32 Å². The highest BCUT2D eigenvalue weighted by molar-refractivity contribution is 4.85. The fourth-order valence-electron chi connectivity index (χ4n) is 1.97. The molecule has 0 aromatic heterocycles. The van der Waals surface area contributed by atoms with Crippen LogP contribution in [0.1, 0.15) is 41.0 Å². The van der Waals surface area contributed by atoms with Crippen LogP contribution in [0.2, 0.25) is 0 Å². The number of ether oxygens (including phenoxy) is 2. The van der Waals surface area contributed by atoms with Gasteiger partial charge < -0.3 is 19.9 Å². The van der Waals surface area contributed by atoms with Crippen molar-refractivity contribution < 1.29 is 14.6 Å². The second-order valence-electron chi connectivity index (χ2n) is 6.32. The molecule has 0 aromatic carbocycles. The van der Waals surface area contributed by atoms with Gasteiger partial charge in [-0.1, -0.05) is 20.8 Å². The average Bonchev–Trinajstić information content (AvgIpc) is 2.18. The van der Waals surface area contributed by atoms with Gasteiger partial charge in [0.05, 0.1) is 19.3 Å². The van der Waals surface area contributed by atoms with E-state index in [4.69, 9.17) is 14.6 Å². The first-order valence-electron chi connectivity index (χ1n) is 6.39. The van der Waals surface area contributed by atoms with Gasteiger partial charge in [-0.05, 0) is 25.7 Å². The van der Waals surface area contributed by atoms with Crippen LogP contribution in [-0.2, 0) is 9.47 Å². The highest BCUT2D eigenvalue weighted by Gasteiger charge is 2.32. The second kappa shape index (κ2) is 5.65. The Kier molecular flexibility index (Phi) is 4.95. The quantitative estimate of drug-likeness (QED) is 0.788. The van der Waals surface area contributed by atoms with E-state index in [-0.39, 0.29) is 24.1 Å². The van der Waals surface area contributed by atoms with Crippen LogP contribution in [-0.4, -0.2) is 42.8 Å². The molecule has 0 amide bonds. The van der Waals surface area contributed by atoms with Crippen molar-refractivity contribution in [3.05, 3.63) is 0 Å². The van der Waals surface area contributed by atoms with Crippen LogP contribution >= 0.6 is 0 Å². The van der Waals surface area contributed by atoms with E-state index in [0.717, 1.165) is 6.42 Å². The largest absolute Gasteiger partial charge is 0.396 e. The van der Waals surface area contributed by atoms with Crippen molar-refractivity contribution in [2.75, 3.05) is 19.8 Å². The minimum Gasteiger partial charge on any atom is -0.396 e. The Hall–Kier alpha value is -0.160. The summed E-state index contributed by atoms with van der Waals surface area (Å²) in [5.74, 6) is -0.466. The number of hydrogen-bond donors (Lipinski definition) is 2. The monoisotopic (exact) mass is 245 g/mol. The Balaban J connectivity index is 2.46. The molecule has 4 heteroatoms. The van der Waals surface area contributed by atoms with Crippen molar-refractivity contribution in [1.29, 1.82) is 0 Å². The van der Waals surface area contributed by atoms with E-state index >= 15 is 0 Å². The molecule has 1 rings (SSSR count). The SMILES string of the molecule is CC1(C)OCC(NC(CCO)C(C)(C)C)CO1. The van der Waals surface area contributed by atoms with Gasteiger partial charge in [0.25, 0.3) is 0 Å². The standard InChI is InChI=1S/C13H27NO3/c1-12(2,3)11(6-7-15)14-10-8-16-13(4,5)17-9-10/h10-11,14-15H,6-9H2,1-5H3. The fourth-order valence-corrected chi connectivity index (χ4v) is 1.97. The van der Waals surface area contributed by atoms with Crippen molar-refractivity contribution >= 4 is 0 Å². The molecule has 4 nitrogen and oxygen atoms in total. The summed E-state index contributed by atoms with van der Waals surface area (Å²) in [6.07, 6.45) is 0.753. The van der Waals surface area contributed by atoms with E-state index in [0.29, 0.717) is 13.2 Å². The Morgan fingerprint density at radius 2 is 1.82 bits per heavy atom. The van der Waals surface area contributed by atoms with Gasteiger partial charge in [0.2, 0.25) is 0 Å². The third-order valence-electron chi connectivity index (χ3n) is 3.16. The van der Waals surface area contributed by atoms with Crippen molar-refractivity contribution in [3.63, 3.8) is 0 Å². The van der Waals surface area contributed by atoms with Gasteiger partial charge in [-0.25, -0.2) is 0 Å². The maximum Gasteiger partial charge on any atom is 0.162 e. The lowest BCUT2D eigenvalue weighted by Gasteiger charge is -2.40. The Labute approximate surface area is 105 Å². The van der Waals surface area contributed by atoms with Crippen molar-refractivity contribution in [2.24, 2.45) is 5.41 Å². The highest BCUT2D eigenvalue weighted by Crippen LogP contribution is 2.24. The number of aliphatic hydroxyl groups is 1. The molecule has 1 fully saturated rings. The molecule has 17 heavy (non-hydrogen) atoms. The molecular formula is C13H27NO3. The average molecular weight is 245 g/mol. The zero-order valence-corrected chi connectivity index (χ0v) is 11.7. The van der Waals surface area contributed by atoms with E-state index in [1.165, 1.54) is 0 Å². The minimum atomic E-state index is -0.466. The minimum absolute atomic E-state index is 0.121. The van der Waals surface area contributed by atoms with Gasteiger partial charge in [-0.2, -0.15) is 0 Å². The molecule has 0 saturated carbocycles. The fraction of sp³-hybridized carbons (Fsp3) is 1.00. The van der Waals surface area contributed by atoms with Crippen LogP contribution in [0.3, 0.4) is 0 Å². The molecule has 0 aliphatic carbocycles. The lowest BCUT2D eigenvalue weighted by Crippen LogP contribution is -2.54. The summed E-state index contributed by atoms with van der Waals surface area (Å²) >= 11 is 0. The number of aliphatic hydroxyl groups excluding tert-OH is 1. The van der Waals surface area contributed by atoms with E-state index in [1.54, 1.807) is 0 Å². The first-order chi connectivity index (χ1) is 7.74. The summed E-state index contributed by atoms with van der Waals surface area (Å²) in [6, 6.07) is 0.477. The van der Waals surface area contributed by atoms with E-state index < -0.39 is 5.79 Å². The zero-order valence-electron chi connectivity index (χ0n) is 11.7. The number of rotatable bonds is 4. The molecule has 1 atom stereocenters. The molecule has 0 radical (unpaired) electrons. The molecule has 0 bridgehead atoms. The van der Waals surface area contributed by atoms with Gasteiger partial charge in [0, 0.05) is 12.6 Å². The molecule has 2 N–H and O–H groups in total. The normalized spacial score (nSPS) is 23.6. The molecule has 1 unspecified atom stereocenters. The number of nitrogens with one attached hydrogen (secondary N) is 1. The third kappa shape index (κ3) is 4.92. The molecule has 0 aromatic rings. The Morgan fingerprint density at radius 1 is 1.29 bits per heavy atom. The summed E-state index contributed by atoms with van der Waals surface area (Å²) in [6.45, 7) is 11.9. The second-order valence-corrected chi connectivity index (χ2v) is 6.32.